The van der Waals surface area contributed by atoms with E-state index in [9.17, 15) is 4.79 Å². The Hall–Kier alpha value is -1.68. The molecule has 0 aliphatic carbocycles. The second-order valence-corrected chi connectivity index (χ2v) is 5.55. The predicted octanol–water partition coefficient (Wildman–Crippen LogP) is 2.95. The van der Waals surface area contributed by atoms with Gasteiger partial charge in [0.2, 0.25) is 0 Å². The van der Waals surface area contributed by atoms with Crippen molar-refractivity contribution in [3.8, 4) is 0 Å². The highest BCUT2D eigenvalue weighted by Gasteiger charge is 2.15. The number of carbonyl (C=O) groups is 1. The number of aryl methyl sites for hydroxylation is 1. The first-order valence-electron chi connectivity index (χ1n) is 7.84. The number of aromatic nitrogens is 2. The van der Waals surface area contributed by atoms with Gasteiger partial charge in [-0.1, -0.05) is 26.0 Å². The van der Waals surface area contributed by atoms with Crippen LogP contribution < -0.4 is 5.32 Å². The summed E-state index contributed by atoms with van der Waals surface area (Å²) in [6.07, 6.45) is 2.02. The van der Waals surface area contributed by atoms with Crippen molar-refractivity contribution in [2.24, 2.45) is 0 Å². The van der Waals surface area contributed by atoms with Crippen LogP contribution in [0, 0.1) is 0 Å². The number of hydrogen-bond donors (Lipinski definition) is 1. The molecule has 1 heterocycles. The van der Waals surface area contributed by atoms with Crippen LogP contribution in [0.1, 0.15) is 39.4 Å². The molecule has 0 bridgehead atoms. The first-order valence-corrected chi connectivity index (χ1v) is 7.84. The van der Waals surface area contributed by atoms with Crippen molar-refractivity contribution in [2.45, 2.75) is 52.6 Å². The van der Waals surface area contributed by atoms with E-state index < -0.39 is 0 Å². The van der Waals surface area contributed by atoms with Gasteiger partial charge in [-0.25, -0.2) is 4.98 Å². The monoisotopic (exact) mass is 287 g/mol. The number of Topliss-reactive ketones (excluding diaryl/α,β-unsaturated/α-hetero) is 1. The zero-order valence-electron chi connectivity index (χ0n) is 13.2. The van der Waals surface area contributed by atoms with Crippen molar-refractivity contribution in [3.63, 3.8) is 0 Å². The molecule has 114 valence electrons. The van der Waals surface area contributed by atoms with Crippen LogP contribution in [0.15, 0.2) is 24.3 Å². The molecular weight excluding hydrogens is 262 g/mol. The molecular formula is C17H25N3O. The molecule has 1 aromatic carbocycles. The molecule has 1 aromatic heterocycles. The summed E-state index contributed by atoms with van der Waals surface area (Å²) in [4.78, 5) is 16.9. The average molecular weight is 287 g/mol. The quantitative estimate of drug-likeness (QED) is 0.812. The fourth-order valence-corrected chi connectivity index (χ4v) is 2.74. The molecule has 21 heavy (non-hydrogen) atoms. The van der Waals surface area contributed by atoms with Gasteiger partial charge in [-0.3, -0.25) is 4.79 Å². The number of nitrogens with one attached hydrogen (secondary N) is 1. The van der Waals surface area contributed by atoms with E-state index in [1.165, 1.54) is 0 Å². The largest absolute Gasteiger partial charge is 0.328 e. The van der Waals surface area contributed by atoms with Crippen LogP contribution in [0.4, 0.5) is 0 Å². The van der Waals surface area contributed by atoms with Crippen molar-refractivity contribution in [1.82, 2.24) is 14.9 Å². The Morgan fingerprint density at radius 1 is 1.33 bits per heavy atom. The fraction of sp³-hybridized carbons (Fsp3) is 0.529. The molecule has 0 saturated carbocycles. The summed E-state index contributed by atoms with van der Waals surface area (Å²) in [5.74, 6) is 1.14. The predicted molar refractivity (Wildman–Crippen MR) is 86.5 cm³/mol. The Kier molecular flexibility index (Phi) is 5.51. The fourth-order valence-electron chi connectivity index (χ4n) is 2.74. The van der Waals surface area contributed by atoms with Gasteiger partial charge < -0.3 is 9.88 Å². The molecule has 0 spiro atoms. The van der Waals surface area contributed by atoms with Crippen LogP contribution in [-0.4, -0.2) is 27.9 Å². The Bertz CT molecular complexity index is 603. The minimum absolute atomic E-state index is 0.228. The van der Waals surface area contributed by atoms with Crippen LogP contribution in [-0.2, 0) is 17.8 Å². The maximum atomic E-state index is 12.2. The van der Waals surface area contributed by atoms with Crippen LogP contribution >= 0.6 is 0 Å². The number of para-hydroxylation sites is 2. The maximum absolute atomic E-state index is 12.2. The number of fused-ring (bicyclic) bond motifs is 1. The molecule has 1 atom stereocenters. The minimum Gasteiger partial charge on any atom is -0.328 e. The topological polar surface area (TPSA) is 46.9 Å². The van der Waals surface area contributed by atoms with Crippen LogP contribution in [0.25, 0.3) is 11.0 Å². The zero-order valence-corrected chi connectivity index (χ0v) is 13.2. The van der Waals surface area contributed by atoms with Crippen LogP contribution in [0.5, 0.6) is 0 Å². The summed E-state index contributed by atoms with van der Waals surface area (Å²) in [5, 5.41) is 3.28. The lowest BCUT2D eigenvalue weighted by Crippen LogP contribution is -2.29. The number of imidazole rings is 1. The van der Waals surface area contributed by atoms with Gasteiger partial charge in [-0.2, -0.15) is 0 Å². The maximum Gasteiger partial charge on any atom is 0.141 e. The standard InChI is InChI=1S/C17H25N3O/c1-4-10-20-16-9-7-6-8-15(16)19-17(20)12-14(21)11-13(3)18-5-2/h6-9,13,18H,4-5,10-12H2,1-3H3. The van der Waals surface area contributed by atoms with Gasteiger partial charge in [0.25, 0.3) is 0 Å². The summed E-state index contributed by atoms with van der Waals surface area (Å²) >= 11 is 0. The molecule has 0 fully saturated rings. The van der Waals surface area contributed by atoms with Crippen molar-refractivity contribution in [1.29, 1.82) is 0 Å². The summed E-state index contributed by atoms with van der Waals surface area (Å²) in [5.41, 5.74) is 2.11. The van der Waals surface area contributed by atoms with E-state index in [4.69, 9.17) is 0 Å². The highest BCUT2D eigenvalue weighted by atomic mass is 16.1. The van der Waals surface area contributed by atoms with Crippen molar-refractivity contribution < 1.29 is 4.79 Å². The molecule has 0 amide bonds. The third-order valence-electron chi connectivity index (χ3n) is 3.62. The number of benzene rings is 1. The molecule has 2 rings (SSSR count). The van der Waals surface area contributed by atoms with E-state index in [2.05, 4.69) is 41.7 Å². The van der Waals surface area contributed by atoms with Crippen LogP contribution in [0.3, 0.4) is 0 Å². The molecule has 0 aliphatic rings. The average Bonchev–Trinajstić information content (AvgIpc) is 2.77. The molecule has 1 unspecified atom stereocenters. The highest BCUT2D eigenvalue weighted by molar-refractivity contribution is 5.83. The van der Waals surface area contributed by atoms with E-state index in [0.29, 0.717) is 12.8 Å². The van der Waals surface area contributed by atoms with Gasteiger partial charge in [0.15, 0.2) is 0 Å². The summed E-state index contributed by atoms with van der Waals surface area (Å²) in [6.45, 7) is 8.06. The molecule has 4 heteroatoms. The highest BCUT2D eigenvalue weighted by Crippen LogP contribution is 2.17. The smallest absolute Gasteiger partial charge is 0.141 e. The van der Waals surface area contributed by atoms with Gasteiger partial charge in [-0.15, -0.1) is 0 Å². The Balaban J connectivity index is 2.17. The number of nitrogens with zero attached hydrogens (tertiary/aromatic N) is 2. The zero-order chi connectivity index (χ0) is 15.2. The number of rotatable bonds is 8. The van der Waals surface area contributed by atoms with Gasteiger partial charge in [0.05, 0.1) is 17.5 Å². The summed E-state index contributed by atoms with van der Waals surface area (Å²) < 4.78 is 2.19. The first kappa shape index (κ1) is 15.7. The van der Waals surface area contributed by atoms with Crippen molar-refractivity contribution in [2.75, 3.05) is 6.54 Å². The molecule has 1 N–H and O–H groups in total. The Labute approximate surface area is 126 Å². The third-order valence-corrected chi connectivity index (χ3v) is 3.62. The van der Waals surface area contributed by atoms with Crippen molar-refractivity contribution >= 4 is 16.8 Å². The SMILES string of the molecule is CCCn1c(CC(=O)CC(C)NCC)nc2ccccc21. The lowest BCUT2D eigenvalue weighted by molar-refractivity contribution is -0.118. The Morgan fingerprint density at radius 2 is 2.10 bits per heavy atom. The lowest BCUT2D eigenvalue weighted by Gasteiger charge is -2.11. The summed E-state index contributed by atoms with van der Waals surface area (Å²) in [6, 6.07) is 8.33. The number of ketones is 1. The second-order valence-electron chi connectivity index (χ2n) is 5.55. The van der Waals surface area contributed by atoms with Gasteiger partial charge in [-0.05, 0) is 32.0 Å². The van der Waals surface area contributed by atoms with E-state index in [-0.39, 0.29) is 11.8 Å². The molecule has 0 radical (unpaired) electrons. The lowest BCUT2D eigenvalue weighted by atomic mass is 10.1. The van der Waals surface area contributed by atoms with E-state index >= 15 is 0 Å². The van der Waals surface area contributed by atoms with E-state index in [1.807, 2.05) is 18.2 Å². The minimum atomic E-state index is 0.228. The third kappa shape index (κ3) is 3.91. The van der Waals surface area contributed by atoms with E-state index in [1.54, 1.807) is 0 Å². The van der Waals surface area contributed by atoms with E-state index in [0.717, 1.165) is 36.4 Å². The normalized spacial score (nSPS) is 12.7. The molecule has 2 aromatic rings. The van der Waals surface area contributed by atoms with Crippen molar-refractivity contribution in [3.05, 3.63) is 30.1 Å². The van der Waals surface area contributed by atoms with Gasteiger partial charge >= 0.3 is 0 Å². The number of hydrogen-bond acceptors (Lipinski definition) is 3. The second kappa shape index (κ2) is 7.36. The molecule has 4 nitrogen and oxygen atoms in total. The van der Waals surface area contributed by atoms with Gasteiger partial charge in [0.1, 0.15) is 11.6 Å². The summed E-state index contributed by atoms with van der Waals surface area (Å²) in [7, 11) is 0. The first-order chi connectivity index (χ1) is 10.2. The Morgan fingerprint density at radius 3 is 2.81 bits per heavy atom. The van der Waals surface area contributed by atoms with Crippen LogP contribution in [0.2, 0.25) is 0 Å². The van der Waals surface area contributed by atoms with Gasteiger partial charge in [0, 0.05) is 19.0 Å². The number of carbonyl (C=O) groups excluding carboxylic acids is 1. The molecule has 0 aliphatic heterocycles. The molecule has 0 saturated heterocycles.